The predicted octanol–water partition coefficient (Wildman–Crippen LogP) is 1.24. The number of amides is 1. The maximum atomic E-state index is 12.0. The lowest BCUT2D eigenvalue weighted by molar-refractivity contribution is -0.134. The van der Waals surface area contributed by atoms with Gasteiger partial charge in [0.05, 0.1) is 6.04 Å². The minimum Gasteiger partial charge on any atom is -0.342 e. The zero-order chi connectivity index (χ0) is 10.6. The Labute approximate surface area is 86.9 Å². The summed E-state index contributed by atoms with van der Waals surface area (Å²) in [4.78, 5) is 14.0. The Morgan fingerprint density at radius 1 is 1.43 bits per heavy atom. The molecular weight excluding hydrogens is 176 g/mol. The van der Waals surface area contributed by atoms with Gasteiger partial charge in [0.25, 0.3) is 0 Å². The first-order valence-corrected chi connectivity index (χ1v) is 5.72. The Morgan fingerprint density at radius 2 is 2.07 bits per heavy atom. The second kappa shape index (κ2) is 5.35. The van der Waals surface area contributed by atoms with Crippen molar-refractivity contribution >= 4 is 5.91 Å². The normalized spacial score (nSPS) is 27.4. The molecule has 1 N–H and O–H groups in total. The van der Waals surface area contributed by atoms with Crippen molar-refractivity contribution in [1.82, 2.24) is 10.2 Å². The fraction of sp³-hybridized carbons (Fsp3) is 0.909. The molecule has 3 nitrogen and oxygen atoms in total. The van der Waals surface area contributed by atoms with E-state index < -0.39 is 0 Å². The Bertz CT molecular complexity index is 190. The molecule has 0 saturated carbocycles. The molecule has 2 atom stereocenters. The molecule has 1 fully saturated rings. The second-order valence-corrected chi connectivity index (χ2v) is 4.06. The zero-order valence-electron chi connectivity index (χ0n) is 9.55. The van der Waals surface area contributed by atoms with Crippen LogP contribution in [0.5, 0.6) is 0 Å². The van der Waals surface area contributed by atoms with Crippen molar-refractivity contribution < 1.29 is 4.79 Å². The number of carbonyl (C=O) groups is 1. The molecule has 0 aromatic carbocycles. The minimum atomic E-state index is 0.0589. The van der Waals surface area contributed by atoms with Crippen LogP contribution in [-0.4, -0.2) is 36.5 Å². The first kappa shape index (κ1) is 11.5. The molecule has 14 heavy (non-hydrogen) atoms. The number of rotatable bonds is 3. The summed E-state index contributed by atoms with van der Waals surface area (Å²) in [6.45, 7) is 8.87. The van der Waals surface area contributed by atoms with Crippen molar-refractivity contribution in [3.63, 3.8) is 0 Å². The van der Waals surface area contributed by atoms with E-state index in [-0.39, 0.29) is 11.9 Å². The molecule has 1 rings (SSSR count). The molecule has 82 valence electrons. The number of nitrogens with zero attached hydrogens (tertiary/aromatic N) is 1. The molecular formula is C11H22N2O. The maximum absolute atomic E-state index is 12.0. The number of piperidine rings is 1. The molecule has 0 aliphatic carbocycles. The summed E-state index contributed by atoms with van der Waals surface area (Å²) in [5.41, 5.74) is 0. The number of carbonyl (C=O) groups excluding carboxylic acids is 1. The van der Waals surface area contributed by atoms with Gasteiger partial charge in [0.1, 0.15) is 0 Å². The lowest BCUT2D eigenvalue weighted by atomic mass is 9.92. The third-order valence-electron chi connectivity index (χ3n) is 3.11. The van der Waals surface area contributed by atoms with E-state index in [4.69, 9.17) is 0 Å². The molecule has 1 amide bonds. The summed E-state index contributed by atoms with van der Waals surface area (Å²) < 4.78 is 0. The van der Waals surface area contributed by atoms with E-state index in [0.29, 0.717) is 5.92 Å². The van der Waals surface area contributed by atoms with Crippen LogP contribution in [0.2, 0.25) is 0 Å². The molecule has 1 heterocycles. The number of nitrogens with one attached hydrogen (secondary N) is 1. The summed E-state index contributed by atoms with van der Waals surface area (Å²) in [5, 5.41) is 3.33. The first-order valence-electron chi connectivity index (χ1n) is 5.72. The van der Waals surface area contributed by atoms with Gasteiger partial charge in [0.2, 0.25) is 5.91 Å². The number of hydrogen-bond acceptors (Lipinski definition) is 2. The van der Waals surface area contributed by atoms with E-state index in [1.54, 1.807) is 0 Å². The smallest absolute Gasteiger partial charge is 0.239 e. The Hall–Kier alpha value is -0.570. The van der Waals surface area contributed by atoms with Crippen LogP contribution >= 0.6 is 0 Å². The van der Waals surface area contributed by atoms with Gasteiger partial charge in [-0.3, -0.25) is 4.79 Å². The molecule has 1 unspecified atom stereocenters. The molecule has 3 heteroatoms. The topological polar surface area (TPSA) is 32.3 Å². The van der Waals surface area contributed by atoms with Gasteiger partial charge in [-0.1, -0.05) is 6.92 Å². The first-order chi connectivity index (χ1) is 6.70. The molecule has 0 radical (unpaired) electrons. The average Bonchev–Trinajstić information content (AvgIpc) is 2.20. The van der Waals surface area contributed by atoms with Gasteiger partial charge < -0.3 is 10.2 Å². The summed E-state index contributed by atoms with van der Waals surface area (Å²) in [5.74, 6) is 0.763. The molecule has 0 bridgehead atoms. The highest BCUT2D eigenvalue weighted by Gasteiger charge is 2.29. The Balaban J connectivity index is 2.57. The van der Waals surface area contributed by atoms with Gasteiger partial charge in [-0.2, -0.15) is 0 Å². The lowest BCUT2D eigenvalue weighted by Crippen LogP contribution is -2.52. The molecule has 0 spiro atoms. The van der Waals surface area contributed by atoms with Crippen molar-refractivity contribution in [2.75, 3.05) is 19.6 Å². The summed E-state index contributed by atoms with van der Waals surface area (Å²) in [7, 11) is 0. The van der Waals surface area contributed by atoms with Gasteiger partial charge in [-0.15, -0.1) is 0 Å². The highest BCUT2D eigenvalue weighted by atomic mass is 16.2. The predicted molar refractivity (Wildman–Crippen MR) is 58.1 cm³/mol. The van der Waals surface area contributed by atoms with E-state index in [1.165, 1.54) is 12.8 Å². The lowest BCUT2D eigenvalue weighted by Gasteiger charge is -2.33. The van der Waals surface area contributed by atoms with Crippen LogP contribution in [0.25, 0.3) is 0 Å². The van der Waals surface area contributed by atoms with Crippen molar-refractivity contribution in [2.24, 2.45) is 5.92 Å². The van der Waals surface area contributed by atoms with E-state index >= 15 is 0 Å². The van der Waals surface area contributed by atoms with Crippen LogP contribution < -0.4 is 5.32 Å². The highest BCUT2D eigenvalue weighted by molar-refractivity contribution is 5.82. The van der Waals surface area contributed by atoms with Crippen molar-refractivity contribution in [3.8, 4) is 0 Å². The van der Waals surface area contributed by atoms with E-state index in [2.05, 4.69) is 12.2 Å². The van der Waals surface area contributed by atoms with Gasteiger partial charge in [0.15, 0.2) is 0 Å². The largest absolute Gasteiger partial charge is 0.342 e. The van der Waals surface area contributed by atoms with Crippen molar-refractivity contribution in [3.05, 3.63) is 0 Å². The quantitative estimate of drug-likeness (QED) is 0.740. The van der Waals surface area contributed by atoms with Crippen molar-refractivity contribution in [2.45, 2.75) is 39.7 Å². The summed E-state index contributed by atoms with van der Waals surface area (Å²) >= 11 is 0. The summed E-state index contributed by atoms with van der Waals surface area (Å²) in [6.07, 6.45) is 2.37. The Morgan fingerprint density at radius 3 is 2.57 bits per heavy atom. The maximum Gasteiger partial charge on any atom is 0.239 e. The molecule has 1 aliphatic rings. The minimum absolute atomic E-state index is 0.0589. The van der Waals surface area contributed by atoms with Crippen LogP contribution in [-0.2, 0) is 4.79 Å². The second-order valence-electron chi connectivity index (χ2n) is 4.06. The van der Waals surface area contributed by atoms with Gasteiger partial charge in [-0.25, -0.2) is 0 Å². The fourth-order valence-corrected chi connectivity index (χ4v) is 2.11. The molecule has 1 aliphatic heterocycles. The standard InChI is InChI=1S/C11H22N2O/c1-4-13(5-2)11(14)10-9(3)7-6-8-12-10/h9-10,12H,4-8H2,1-3H3/t9?,10-/m0/s1. The fourth-order valence-electron chi connectivity index (χ4n) is 2.11. The van der Waals surface area contributed by atoms with E-state index in [9.17, 15) is 4.79 Å². The third-order valence-corrected chi connectivity index (χ3v) is 3.11. The van der Waals surface area contributed by atoms with Gasteiger partial charge in [0, 0.05) is 13.1 Å². The van der Waals surface area contributed by atoms with E-state index in [0.717, 1.165) is 19.6 Å². The van der Waals surface area contributed by atoms with Crippen molar-refractivity contribution in [1.29, 1.82) is 0 Å². The Kier molecular flexibility index (Phi) is 4.39. The third kappa shape index (κ3) is 2.47. The molecule has 0 aromatic rings. The SMILES string of the molecule is CCN(CC)C(=O)[C@H]1NCCCC1C. The van der Waals surface area contributed by atoms with Crippen LogP contribution in [0.3, 0.4) is 0 Å². The van der Waals surface area contributed by atoms with Crippen LogP contribution in [0.4, 0.5) is 0 Å². The number of likely N-dealkylation sites (N-methyl/N-ethyl adjacent to an activating group) is 1. The van der Waals surface area contributed by atoms with Crippen LogP contribution in [0.1, 0.15) is 33.6 Å². The van der Waals surface area contributed by atoms with Gasteiger partial charge >= 0.3 is 0 Å². The van der Waals surface area contributed by atoms with Crippen LogP contribution in [0, 0.1) is 5.92 Å². The molecule has 0 aromatic heterocycles. The zero-order valence-corrected chi connectivity index (χ0v) is 9.55. The monoisotopic (exact) mass is 198 g/mol. The van der Waals surface area contributed by atoms with E-state index in [1.807, 2.05) is 18.7 Å². The van der Waals surface area contributed by atoms with Gasteiger partial charge in [-0.05, 0) is 39.2 Å². The summed E-state index contributed by atoms with van der Waals surface area (Å²) in [6, 6.07) is 0.0589. The average molecular weight is 198 g/mol. The number of hydrogen-bond donors (Lipinski definition) is 1. The highest BCUT2D eigenvalue weighted by Crippen LogP contribution is 2.17. The molecule has 1 saturated heterocycles. The van der Waals surface area contributed by atoms with Crippen LogP contribution in [0.15, 0.2) is 0 Å².